The number of fused-ring (bicyclic) bond motifs is 1. The van der Waals surface area contributed by atoms with Gasteiger partial charge in [-0.25, -0.2) is 0 Å². The Labute approximate surface area is 173 Å². The van der Waals surface area contributed by atoms with E-state index in [1.54, 1.807) is 51.5 Å². The van der Waals surface area contributed by atoms with Crippen LogP contribution in [0.15, 0.2) is 46.0 Å². The number of carbonyl (C=O) groups excluding carboxylic acids is 1. The van der Waals surface area contributed by atoms with Crippen molar-refractivity contribution in [1.29, 1.82) is 0 Å². The summed E-state index contributed by atoms with van der Waals surface area (Å²) in [7, 11) is 4.73. The highest BCUT2D eigenvalue weighted by atomic mass is 16.5. The highest BCUT2D eigenvalue weighted by Gasteiger charge is 2.21. The molecule has 1 aromatic heterocycles. The third-order valence-electron chi connectivity index (χ3n) is 5.65. The van der Waals surface area contributed by atoms with E-state index in [-0.39, 0.29) is 5.91 Å². The Morgan fingerprint density at radius 1 is 0.933 bits per heavy atom. The normalized spacial score (nSPS) is 13.6. The van der Waals surface area contributed by atoms with Gasteiger partial charge in [-0.3, -0.25) is 14.4 Å². The van der Waals surface area contributed by atoms with Gasteiger partial charge in [0.1, 0.15) is 5.75 Å². The molecule has 1 fully saturated rings. The van der Waals surface area contributed by atoms with Gasteiger partial charge in [-0.1, -0.05) is 0 Å². The molecule has 0 aliphatic carbocycles. The van der Waals surface area contributed by atoms with Gasteiger partial charge in [-0.05, 0) is 49.2 Å². The molecule has 2 aromatic carbocycles. The molecule has 8 nitrogen and oxygen atoms in total. The Balaban J connectivity index is 1.83. The maximum absolute atomic E-state index is 12.9. The molecule has 0 bridgehead atoms. The summed E-state index contributed by atoms with van der Waals surface area (Å²) < 4.78 is 7.84. The number of hydrogen-bond donors (Lipinski definition) is 1. The molecule has 0 atom stereocenters. The Morgan fingerprint density at radius 2 is 1.50 bits per heavy atom. The van der Waals surface area contributed by atoms with Crippen LogP contribution in [0.5, 0.6) is 5.75 Å². The van der Waals surface area contributed by atoms with Gasteiger partial charge >= 0.3 is 11.1 Å². The largest absolute Gasteiger partial charge is 0.497 e. The summed E-state index contributed by atoms with van der Waals surface area (Å²) in [6.45, 7) is 1.74. The molecule has 156 valence electrons. The fraction of sp³-hybridized carbons (Fsp3) is 0.318. The van der Waals surface area contributed by atoms with E-state index in [9.17, 15) is 14.4 Å². The van der Waals surface area contributed by atoms with Crippen LogP contribution in [0.1, 0.15) is 23.2 Å². The summed E-state index contributed by atoms with van der Waals surface area (Å²) in [4.78, 5) is 39.6. The van der Waals surface area contributed by atoms with Crippen LogP contribution >= 0.6 is 0 Å². The molecule has 2 heterocycles. The van der Waals surface area contributed by atoms with Crippen molar-refractivity contribution in [1.82, 2.24) is 9.13 Å². The topological polar surface area (TPSA) is 85.6 Å². The number of ether oxygens (including phenoxy) is 1. The number of nitrogens with zero attached hydrogens (tertiary/aromatic N) is 3. The number of carbonyl (C=O) groups is 1. The molecule has 0 unspecified atom stereocenters. The molecular weight excluding hydrogens is 384 g/mol. The van der Waals surface area contributed by atoms with E-state index in [2.05, 4.69) is 10.2 Å². The summed E-state index contributed by atoms with van der Waals surface area (Å²) >= 11 is 0. The first-order valence-corrected chi connectivity index (χ1v) is 9.85. The highest BCUT2D eigenvalue weighted by Crippen LogP contribution is 2.33. The van der Waals surface area contributed by atoms with E-state index in [1.807, 2.05) is 6.07 Å². The first-order valence-electron chi connectivity index (χ1n) is 9.85. The number of amides is 1. The lowest BCUT2D eigenvalue weighted by Crippen LogP contribution is -2.39. The molecular formula is C22H24N4O4. The number of aryl methyl sites for hydroxylation is 2. The number of rotatable bonds is 4. The molecule has 1 N–H and O–H groups in total. The second kappa shape index (κ2) is 7.70. The van der Waals surface area contributed by atoms with Crippen LogP contribution in [0.3, 0.4) is 0 Å². The van der Waals surface area contributed by atoms with Crippen molar-refractivity contribution in [2.75, 3.05) is 30.4 Å². The molecule has 4 rings (SSSR count). The first-order chi connectivity index (χ1) is 14.4. The van der Waals surface area contributed by atoms with Crippen LogP contribution < -0.4 is 26.1 Å². The smallest absolute Gasteiger partial charge is 0.316 e. The number of aromatic nitrogens is 2. The van der Waals surface area contributed by atoms with Crippen LogP contribution in [-0.4, -0.2) is 35.2 Å². The molecule has 8 heteroatoms. The minimum atomic E-state index is -0.605. The van der Waals surface area contributed by atoms with Crippen molar-refractivity contribution in [2.24, 2.45) is 14.1 Å². The Morgan fingerprint density at radius 3 is 2.07 bits per heavy atom. The SMILES string of the molecule is COc1ccc(C(=O)Nc2cc3c(cc2N2CCCC2)n(C)c(=O)c(=O)n3C)cc1. The van der Waals surface area contributed by atoms with Crippen molar-refractivity contribution < 1.29 is 9.53 Å². The van der Waals surface area contributed by atoms with E-state index in [1.165, 1.54) is 9.13 Å². The standard InChI is InChI=1S/C22H24N4O4/c1-24-18-12-16(23-20(27)14-6-8-15(30-3)9-7-14)17(26-10-4-5-11-26)13-19(18)25(2)22(29)21(24)28/h6-9,12-13H,4-5,10-11H2,1-3H3,(H,23,27). The number of hydrogen-bond acceptors (Lipinski definition) is 5. The number of nitrogens with one attached hydrogen (secondary N) is 1. The van der Waals surface area contributed by atoms with Crippen molar-refractivity contribution in [3.8, 4) is 5.75 Å². The van der Waals surface area contributed by atoms with Gasteiger partial charge in [-0.15, -0.1) is 0 Å². The molecule has 3 aromatic rings. The second-order valence-corrected chi connectivity index (χ2v) is 7.46. The maximum atomic E-state index is 12.9. The second-order valence-electron chi connectivity index (χ2n) is 7.46. The molecule has 0 spiro atoms. The predicted octanol–water partition coefficient (Wildman–Crippen LogP) is 2.10. The fourth-order valence-corrected chi connectivity index (χ4v) is 3.87. The zero-order chi connectivity index (χ0) is 21.4. The van der Waals surface area contributed by atoms with Crippen molar-refractivity contribution in [3.63, 3.8) is 0 Å². The van der Waals surface area contributed by atoms with Crippen LogP contribution in [-0.2, 0) is 14.1 Å². The summed E-state index contributed by atoms with van der Waals surface area (Å²) in [6, 6.07) is 10.5. The summed E-state index contributed by atoms with van der Waals surface area (Å²) in [5.41, 5.74) is 1.99. The van der Waals surface area contributed by atoms with Gasteiger partial charge in [0.05, 0.1) is 29.5 Å². The Kier molecular flexibility index (Phi) is 5.07. The first kappa shape index (κ1) is 19.8. The molecule has 1 aliphatic rings. The third-order valence-corrected chi connectivity index (χ3v) is 5.65. The third kappa shape index (κ3) is 3.34. The van der Waals surface area contributed by atoms with E-state index in [4.69, 9.17) is 4.74 Å². The van der Waals surface area contributed by atoms with Crippen molar-refractivity contribution >= 4 is 28.3 Å². The summed E-state index contributed by atoms with van der Waals surface area (Å²) in [5.74, 6) is 0.415. The summed E-state index contributed by atoms with van der Waals surface area (Å²) in [6.07, 6.45) is 2.13. The van der Waals surface area contributed by atoms with Crippen LogP contribution in [0.4, 0.5) is 11.4 Å². The van der Waals surface area contributed by atoms with Gasteiger partial charge in [0.15, 0.2) is 0 Å². The highest BCUT2D eigenvalue weighted by molar-refractivity contribution is 6.07. The summed E-state index contributed by atoms with van der Waals surface area (Å²) in [5, 5.41) is 2.99. The zero-order valence-corrected chi connectivity index (χ0v) is 17.3. The minimum Gasteiger partial charge on any atom is -0.497 e. The zero-order valence-electron chi connectivity index (χ0n) is 17.3. The lowest BCUT2D eigenvalue weighted by Gasteiger charge is -2.23. The number of anilines is 2. The van der Waals surface area contributed by atoms with Crippen molar-refractivity contribution in [3.05, 3.63) is 62.7 Å². The van der Waals surface area contributed by atoms with Crippen LogP contribution in [0, 0.1) is 0 Å². The molecule has 1 saturated heterocycles. The lowest BCUT2D eigenvalue weighted by atomic mass is 10.1. The Bertz CT molecular complexity index is 1240. The van der Waals surface area contributed by atoms with E-state index >= 15 is 0 Å². The fourth-order valence-electron chi connectivity index (χ4n) is 3.87. The van der Waals surface area contributed by atoms with Crippen molar-refractivity contribution in [2.45, 2.75) is 12.8 Å². The average Bonchev–Trinajstić information content (AvgIpc) is 3.30. The Hall–Kier alpha value is -3.55. The van der Waals surface area contributed by atoms with Gasteiger partial charge in [-0.2, -0.15) is 0 Å². The van der Waals surface area contributed by atoms with Crippen LogP contribution in [0.2, 0.25) is 0 Å². The van der Waals surface area contributed by atoms with Crippen LogP contribution in [0.25, 0.3) is 11.0 Å². The van der Waals surface area contributed by atoms with Gasteiger partial charge < -0.3 is 24.1 Å². The van der Waals surface area contributed by atoms with Gasteiger partial charge in [0.2, 0.25) is 0 Å². The predicted molar refractivity (Wildman–Crippen MR) is 117 cm³/mol. The van der Waals surface area contributed by atoms with Gasteiger partial charge in [0.25, 0.3) is 5.91 Å². The molecule has 30 heavy (non-hydrogen) atoms. The number of benzene rings is 2. The minimum absolute atomic E-state index is 0.257. The van der Waals surface area contributed by atoms with Gasteiger partial charge in [0, 0.05) is 32.7 Å². The van der Waals surface area contributed by atoms with E-state index in [0.717, 1.165) is 31.6 Å². The molecule has 0 saturated carbocycles. The monoisotopic (exact) mass is 408 g/mol. The van der Waals surface area contributed by atoms with E-state index in [0.29, 0.717) is 28.0 Å². The van der Waals surface area contributed by atoms with E-state index < -0.39 is 11.1 Å². The maximum Gasteiger partial charge on any atom is 0.316 e. The number of methoxy groups -OCH3 is 1. The lowest BCUT2D eigenvalue weighted by molar-refractivity contribution is 0.102. The molecule has 0 radical (unpaired) electrons. The molecule has 1 amide bonds. The molecule has 1 aliphatic heterocycles. The quantitative estimate of drug-likeness (QED) is 0.669. The average molecular weight is 408 g/mol.